The van der Waals surface area contributed by atoms with Gasteiger partial charge in [0.1, 0.15) is 18.4 Å². The fraction of sp³-hybridized carbons (Fsp3) is 0.231. The zero-order chi connectivity index (χ0) is 29.0. The van der Waals surface area contributed by atoms with Crippen LogP contribution >= 0.6 is 11.6 Å². The lowest BCUT2D eigenvalue weighted by Gasteiger charge is -2.13. The number of nitrogens with one attached hydrogen (secondary N) is 1. The maximum absolute atomic E-state index is 11.4. The summed E-state index contributed by atoms with van der Waals surface area (Å²) in [5.74, 6) is -0.502. The number of nitrogens with zero attached hydrogens (tertiary/aromatic N) is 7. The number of imide groups is 2. The molecule has 41 heavy (non-hydrogen) atoms. The summed E-state index contributed by atoms with van der Waals surface area (Å²) in [5.41, 5.74) is 1.52. The SMILES string of the molecule is O=C1CCC(=O)N1OCc1ccc(-n2cccn2)nc1.O=C1CCC(=O)N1OCc1ccc(Cl)nc1.c1cn[nH]c1. The lowest BCUT2D eigenvalue weighted by molar-refractivity contribution is -0.192. The Kier molecular flexibility index (Phi) is 10.4. The number of hydrogen-bond donors (Lipinski definition) is 1. The van der Waals surface area contributed by atoms with E-state index in [9.17, 15) is 19.2 Å². The first-order valence-electron chi connectivity index (χ1n) is 12.4. The Bertz CT molecular complexity index is 1380. The third-order valence-corrected chi connectivity index (χ3v) is 5.70. The van der Waals surface area contributed by atoms with E-state index >= 15 is 0 Å². The standard InChI is InChI=1S/C13H12N4O3.C10H9ClN2O3.C3H4N2/c18-12-4-5-13(19)17(12)20-9-10-2-3-11(14-8-10)16-7-1-6-15-16;11-8-2-1-7(5-12-8)6-16-13-9(14)3-4-10(13)15;1-2-4-5-3-1/h1-3,6-8H,4-5,9H2;1-2,5H,3-4,6H2;1-3H,(H,4,5). The van der Waals surface area contributed by atoms with E-state index in [1.165, 1.54) is 6.20 Å². The van der Waals surface area contributed by atoms with Crippen molar-refractivity contribution in [3.63, 3.8) is 0 Å². The number of pyridine rings is 2. The minimum absolute atomic E-state index is 0.127. The first kappa shape index (κ1) is 29.2. The molecule has 0 aliphatic carbocycles. The van der Waals surface area contributed by atoms with Crippen molar-refractivity contribution in [2.75, 3.05) is 0 Å². The van der Waals surface area contributed by atoms with Crippen molar-refractivity contribution >= 4 is 35.2 Å². The van der Waals surface area contributed by atoms with E-state index in [1.54, 1.807) is 53.9 Å². The normalized spacial score (nSPS) is 14.6. The third-order valence-electron chi connectivity index (χ3n) is 5.47. The second kappa shape index (κ2) is 14.6. The molecule has 4 aromatic heterocycles. The van der Waals surface area contributed by atoms with E-state index in [2.05, 4.69) is 25.3 Å². The van der Waals surface area contributed by atoms with Gasteiger partial charge in [-0.25, -0.2) is 14.6 Å². The van der Waals surface area contributed by atoms with E-state index in [1.807, 2.05) is 18.2 Å². The molecular formula is C26H25ClN8O6. The van der Waals surface area contributed by atoms with Crippen LogP contribution in [0.3, 0.4) is 0 Å². The van der Waals surface area contributed by atoms with Crippen LogP contribution in [0.25, 0.3) is 5.82 Å². The number of hydroxylamine groups is 4. The summed E-state index contributed by atoms with van der Waals surface area (Å²) in [6.45, 7) is 0.255. The highest BCUT2D eigenvalue weighted by molar-refractivity contribution is 6.29. The number of aromatic nitrogens is 6. The second-order valence-corrected chi connectivity index (χ2v) is 8.83. The molecule has 2 fully saturated rings. The van der Waals surface area contributed by atoms with Gasteiger partial charge in [-0.1, -0.05) is 23.7 Å². The van der Waals surface area contributed by atoms with Crippen molar-refractivity contribution in [3.05, 3.63) is 89.9 Å². The number of rotatable bonds is 7. The zero-order valence-corrected chi connectivity index (χ0v) is 22.4. The number of carbonyl (C=O) groups excluding carboxylic acids is 4. The molecule has 0 unspecified atom stereocenters. The molecule has 14 nitrogen and oxygen atoms in total. The number of halogens is 1. The predicted octanol–water partition coefficient (Wildman–Crippen LogP) is 2.57. The Hall–Kier alpha value is -4.79. The third kappa shape index (κ3) is 8.60. The Labute approximate surface area is 238 Å². The van der Waals surface area contributed by atoms with Gasteiger partial charge in [0, 0.05) is 62.9 Å². The number of H-pyrrole nitrogens is 1. The van der Waals surface area contributed by atoms with Crippen molar-refractivity contribution in [2.45, 2.75) is 38.9 Å². The highest BCUT2D eigenvalue weighted by Crippen LogP contribution is 2.15. The van der Waals surface area contributed by atoms with Crippen molar-refractivity contribution in [3.8, 4) is 5.82 Å². The Morgan fingerprint density at radius 2 is 1.34 bits per heavy atom. The fourth-order valence-corrected chi connectivity index (χ4v) is 3.54. The van der Waals surface area contributed by atoms with Crippen molar-refractivity contribution in [1.29, 1.82) is 0 Å². The van der Waals surface area contributed by atoms with Gasteiger partial charge in [0.15, 0.2) is 5.82 Å². The summed E-state index contributed by atoms with van der Waals surface area (Å²) in [4.78, 5) is 63.6. The smallest absolute Gasteiger partial charge is 0.254 e. The minimum atomic E-state index is -0.299. The molecule has 4 amide bonds. The average Bonchev–Trinajstić information content (AvgIpc) is 3.81. The second-order valence-electron chi connectivity index (χ2n) is 8.44. The van der Waals surface area contributed by atoms with Gasteiger partial charge >= 0.3 is 0 Å². The van der Waals surface area contributed by atoms with Crippen molar-refractivity contribution in [1.82, 2.24) is 40.1 Å². The highest BCUT2D eigenvalue weighted by Gasteiger charge is 2.31. The van der Waals surface area contributed by atoms with Crippen LogP contribution in [0.2, 0.25) is 5.15 Å². The van der Waals surface area contributed by atoms with Crippen LogP contribution < -0.4 is 0 Å². The first-order valence-corrected chi connectivity index (χ1v) is 12.7. The molecule has 1 N–H and O–H groups in total. The van der Waals surface area contributed by atoms with Crippen molar-refractivity contribution < 1.29 is 28.9 Å². The summed E-state index contributed by atoms with van der Waals surface area (Å²) < 4.78 is 1.64. The van der Waals surface area contributed by atoms with Gasteiger partial charge in [0.25, 0.3) is 23.6 Å². The topological polar surface area (TPSA) is 165 Å². The average molecular weight is 581 g/mol. The van der Waals surface area contributed by atoms with Crippen LogP contribution in [0.15, 0.2) is 73.6 Å². The maximum Gasteiger partial charge on any atom is 0.254 e. The quantitative estimate of drug-likeness (QED) is 0.253. The van der Waals surface area contributed by atoms with Gasteiger partial charge in [-0.3, -0.25) is 34.0 Å². The Morgan fingerprint density at radius 1 is 0.756 bits per heavy atom. The van der Waals surface area contributed by atoms with Crippen LogP contribution in [0, 0.1) is 0 Å². The Balaban J connectivity index is 0.000000164. The van der Waals surface area contributed by atoms with Crippen molar-refractivity contribution in [2.24, 2.45) is 0 Å². The lowest BCUT2D eigenvalue weighted by atomic mass is 10.3. The summed E-state index contributed by atoms with van der Waals surface area (Å²) in [6, 6.07) is 10.6. The van der Waals surface area contributed by atoms with E-state index in [-0.39, 0.29) is 62.5 Å². The van der Waals surface area contributed by atoms with E-state index in [0.29, 0.717) is 11.0 Å². The number of aromatic amines is 1. The molecule has 0 bridgehead atoms. The van der Waals surface area contributed by atoms with E-state index in [4.69, 9.17) is 21.3 Å². The van der Waals surface area contributed by atoms with Crippen LogP contribution in [-0.4, -0.2) is 63.7 Å². The summed E-state index contributed by atoms with van der Waals surface area (Å²) in [7, 11) is 0. The van der Waals surface area contributed by atoms with Crippen LogP contribution in [0.5, 0.6) is 0 Å². The van der Waals surface area contributed by atoms with E-state index < -0.39 is 0 Å². The van der Waals surface area contributed by atoms with Gasteiger partial charge < -0.3 is 0 Å². The first-order chi connectivity index (χ1) is 19.9. The van der Waals surface area contributed by atoms with Gasteiger partial charge in [0.2, 0.25) is 0 Å². The van der Waals surface area contributed by atoms with Gasteiger partial charge in [-0.05, 0) is 35.4 Å². The molecule has 0 radical (unpaired) electrons. The van der Waals surface area contributed by atoms with Crippen LogP contribution in [0.4, 0.5) is 0 Å². The molecule has 4 aromatic rings. The summed E-state index contributed by atoms with van der Waals surface area (Å²) >= 11 is 5.61. The fourth-order valence-electron chi connectivity index (χ4n) is 3.43. The molecule has 2 saturated heterocycles. The summed E-state index contributed by atoms with van der Waals surface area (Å²) in [6.07, 6.45) is 11.0. The molecule has 15 heteroatoms. The molecule has 0 saturated carbocycles. The Morgan fingerprint density at radius 3 is 1.73 bits per heavy atom. The highest BCUT2D eigenvalue weighted by atomic mass is 35.5. The molecule has 2 aliphatic rings. The number of amides is 4. The monoisotopic (exact) mass is 580 g/mol. The molecule has 2 aliphatic heterocycles. The van der Waals surface area contributed by atoms with Gasteiger partial charge in [-0.15, -0.1) is 0 Å². The summed E-state index contributed by atoms with van der Waals surface area (Å²) in [5, 5.41) is 12.3. The molecule has 6 heterocycles. The number of hydrogen-bond acceptors (Lipinski definition) is 10. The largest absolute Gasteiger partial charge is 0.286 e. The van der Waals surface area contributed by atoms with Gasteiger partial charge in [0.05, 0.1) is 0 Å². The molecular weight excluding hydrogens is 556 g/mol. The minimum Gasteiger partial charge on any atom is -0.286 e. The lowest BCUT2D eigenvalue weighted by Crippen LogP contribution is -2.29. The predicted molar refractivity (Wildman–Crippen MR) is 141 cm³/mol. The molecule has 0 spiro atoms. The maximum atomic E-state index is 11.4. The number of carbonyl (C=O) groups is 4. The molecule has 0 atom stereocenters. The van der Waals surface area contributed by atoms with Crippen LogP contribution in [-0.2, 0) is 42.1 Å². The van der Waals surface area contributed by atoms with E-state index in [0.717, 1.165) is 21.3 Å². The molecule has 212 valence electrons. The zero-order valence-electron chi connectivity index (χ0n) is 21.6. The van der Waals surface area contributed by atoms with Gasteiger partial charge in [-0.2, -0.15) is 20.3 Å². The molecule has 0 aromatic carbocycles. The van der Waals surface area contributed by atoms with Crippen LogP contribution in [0.1, 0.15) is 36.8 Å². The molecule has 6 rings (SSSR count).